The molecule has 0 saturated heterocycles. The van der Waals surface area contributed by atoms with Gasteiger partial charge >= 0.3 is 0 Å². The zero-order valence-electron chi connectivity index (χ0n) is 3.37. The van der Waals surface area contributed by atoms with Crippen LogP contribution in [-0.2, 0) is 21.7 Å². The average molecular weight is 141 g/mol. The minimum Gasteiger partial charge on any atom is -0.531 e. The zero-order chi connectivity index (χ0) is 5.15. The van der Waals surface area contributed by atoms with Gasteiger partial charge in [-0.1, -0.05) is 0 Å². The Labute approximate surface area is 55.3 Å². The molecule has 0 aromatic heterocycles. The molecule has 0 heterocycles. The Bertz CT molecular complexity index is 30.7. The molecule has 0 radical (unpaired) electrons. The molecule has 0 unspecified atom stereocenters. The van der Waals surface area contributed by atoms with Crippen LogP contribution in [0.15, 0.2) is 0 Å². The fraction of sp³-hybridized carbons (Fsp3) is 0.500. The topological polar surface area (TPSA) is 80.9 Å². The predicted octanol–water partition coefficient (Wildman–Crippen LogP) is -1.47. The molecule has 0 saturated carbocycles. The maximum absolute atomic E-state index is 7.65. The zero-order valence-corrected chi connectivity index (χ0v) is 4.93. The van der Waals surface area contributed by atoms with Gasteiger partial charge in [-0.25, -0.2) is 0 Å². The summed E-state index contributed by atoms with van der Waals surface area (Å²) >= 11 is 0. The molecule has 5 heteroatoms. The Balaban J connectivity index is 0. The second kappa shape index (κ2) is 4.71. The van der Waals surface area contributed by atoms with Crippen LogP contribution < -0.4 is 0 Å². The van der Waals surface area contributed by atoms with E-state index >= 15 is 0 Å². The number of hydrogen-bond acceptors (Lipinski definition) is 4. The number of hydrogen-bond donors (Lipinski definition) is 4. The molecule has 42 valence electrons. The Morgan fingerprint density at radius 2 is 1.29 bits per heavy atom. The van der Waals surface area contributed by atoms with Crippen molar-refractivity contribution in [1.29, 1.82) is 0 Å². The number of rotatable bonds is 1. The van der Waals surface area contributed by atoms with Gasteiger partial charge in [0, 0.05) is 21.7 Å². The predicted molar refractivity (Wildman–Crippen MR) is 15.3 cm³/mol. The first-order chi connectivity index (χ1) is 2.64. The average Bonchev–Trinajstić information content (AvgIpc) is 1.36. The van der Waals surface area contributed by atoms with Crippen LogP contribution in [-0.4, -0.2) is 26.7 Å². The van der Waals surface area contributed by atoms with Crippen LogP contribution in [0.2, 0.25) is 0 Å². The molecule has 0 aliphatic heterocycles. The van der Waals surface area contributed by atoms with Crippen LogP contribution in [0.25, 0.3) is 0 Å². The molecule has 4 N–H and O–H groups in total. The standard InChI is InChI=1S/C2H5O4.Ti/c3-1(4)2(5)6;/h1,3-6H;/q-1;. The Morgan fingerprint density at radius 1 is 1.14 bits per heavy atom. The molecule has 4 nitrogen and oxygen atoms in total. The Hall–Kier alpha value is 0.554. The molecule has 0 aliphatic rings. The summed E-state index contributed by atoms with van der Waals surface area (Å²) in [6.45, 7) is 0. The molecule has 0 atom stereocenters. The normalized spacial score (nSPS) is 9.43. The third-order valence-electron chi connectivity index (χ3n) is 0.231. The second-order valence-electron chi connectivity index (χ2n) is 0.732. The quantitative estimate of drug-likeness (QED) is 0.204. The van der Waals surface area contributed by atoms with Crippen LogP contribution in [0.3, 0.4) is 0 Å². The summed E-state index contributed by atoms with van der Waals surface area (Å²) < 4.78 is 0. The molecular weight excluding hydrogens is 136 g/mol. The molecular formula is C2H5O4Ti-. The van der Waals surface area contributed by atoms with Crippen molar-refractivity contribution < 1.29 is 42.1 Å². The summed E-state index contributed by atoms with van der Waals surface area (Å²) in [4.78, 5) is 0. The van der Waals surface area contributed by atoms with Crippen molar-refractivity contribution in [2.24, 2.45) is 0 Å². The fourth-order valence-corrected chi connectivity index (χ4v) is 0. The molecule has 0 fully saturated rings. The second-order valence-corrected chi connectivity index (χ2v) is 0.732. The van der Waals surface area contributed by atoms with Crippen molar-refractivity contribution in [3.05, 3.63) is 6.29 Å². The molecule has 0 aromatic rings. The van der Waals surface area contributed by atoms with E-state index < -0.39 is 12.6 Å². The maximum atomic E-state index is 7.65. The molecule has 0 bridgehead atoms. The molecule has 0 rings (SSSR count). The summed E-state index contributed by atoms with van der Waals surface area (Å²) in [6.07, 6.45) is -3.50. The minimum atomic E-state index is -2.12. The van der Waals surface area contributed by atoms with Gasteiger partial charge in [-0.15, -0.1) is 0 Å². The largest absolute Gasteiger partial charge is 0.531 e. The van der Waals surface area contributed by atoms with Crippen molar-refractivity contribution in [1.82, 2.24) is 0 Å². The fourth-order valence-electron chi connectivity index (χ4n) is 0. The van der Waals surface area contributed by atoms with Crippen molar-refractivity contribution in [3.8, 4) is 0 Å². The molecule has 0 amide bonds. The maximum Gasteiger partial charge on any atom is 0.0760 e. The first-order valence-corrected chi connectivity index (χ1v) is 1.25. The third kappa shape index (κ3) is 6.55. The van der Waals surface area contributed by atoms with Gasteiger partial charge in [-0.2, -0.15) is 0 Å². The first kappa shape index (κ1) is 10.5. The molecule has 0 aliphatic carbocycles. The summed E-state index contributed by atoms with van der Waals surface area (Å²) in [6, 6.07) is 0. The van der Waals surface area contributed by atoms with Gasteiger partial charge in [-0.3, -0.25) is 0 Å². The molecule has 0 spiro atoms. The molecule has 7 heavy (non-hydrogen) atoms. The van der Waals surface area contributed by atoms with Gasteiger partial charge in [0.1, 0.15) is 0 Å². The Kier molecular flexibility index (Phi) is 7.07. The van der Waals surface area contributed by atoms with E-state index in [4.69, 9.17) is 20.4 Å². The summed E-state index contributed by atoms with van der Waals surface area (Å²) in [5, 5.41) is 30.5. The third-order valence-corrected chi connectivity index (χ3v) is 0.231. The van der Waals surface area contributed by atoms with Crippen molar-refractivity contribution in [2.45, 2.75) is 6.29 Å². The van der Waals surface area contributed by atoms with E-state index in [2.05, 4.69) is 0 Å². The van der Waals surface area contributed by atoms with Crippen LogP contribution in [0.4, 0.5) is 0 Å². The monoisotopic (exact) mass is 141 g/mol. The van der Waals surface area contributed by atoms with Gasteiger partial charge in [0.15, 0.2) is 0 Å². The molecule has 0 aromatic carbocycles. The Morgan fingerprint density at radius 3 is 1.29 bits per heavy atom. The van der Waals surface area contributed by atoms with Gasteiger partial charge in [-0.05, 0) is 6.29 Å². The van der Waals surface area contributed by atoms with E-state index in [9.17, 15) is 0 Å². The van der Waals surface area contributed by atoms with E-state index in [1.54, 1.807) is 0 Å². The van der Waals surface area contributed by atoms with Gasteiger partial charge in [0.2, 0.25) is 0 Å². The van der Waals surface area contributed by atoms with Crippen LogP contribution >= 0.6 is 0 Å². The van der Waals surface area contributed by atoms with E-state index in [1.165, 1.54) is 0 Å². The van der Waals surface area contributed by atoms with Gasteiger partial charge in [0.05, 0.1) is 6.29 Å². The van der Waals surface area contributed by atoms with E-state index in [-0.39, 0.29) is 21.7 Å². The van der Waals surface area contributed by atoms with Crippen molar-refractivity contribution in [3.63, 3.8) is 0 Å². The van der Waals surface area contributed by atoms with Gasteiger partial charge in [0.25, 0.3) is 0 Å². The van der Waals surface area contributed by atoms with Crippen LogP contribution in [0.1, 0.15) is 0 Å². The van der Waals surface area contributed by atoms with Crippen LogP contribution in [0.5, 0.6) is 0 Å². The first-order valence-electron chi connectivity index (χ1n) is 1.25. The summed E-state index contributed by atoms with van der Waals surface area (Å²) in [5.74, 6) is 0. The summed E-state index contributed by atoms with van der Waals surface area (Å²) in [7, 11) is 0. The summed E-state index contributed by atoms with van der Waals surface area (Å²) in [5.41, 5.74) is 0. The van der Waals surface area contributed by atoms with E-state index in [1.807, 2.05) is 0 Å². The SMILES string of the molecule is O[C-](O)C(O)O.[Ti]. The van der Waals surface area contributed by atoms with E-state index in [0.29, 0.717) is 0 Å². The number of aliphatic hydroxyl groups excluding tert-OH is 2. The van der Waals surface area contributed by atoms with Crippen molar-refractivity contribution in [2.75, 3.05) is 0 Å². The smallest absolute Gasteiger partial charge is 0.0760 e. The van der Waals surface area contributed by atoms with Gasteiger partial charge < -0.3 is 20.4 Å². The minimum absolute atomic E-state index is 0. The number of aliphatic hydroxyl groups is 4. The van der Waals surface area contributed by atoms with Crippen molar-refractivity contribution >= 4 is 0 Å². The van der Waals surface area contributed by atoms with Crippen LogP contribution in [0, 0.1) is 6.29 Å². The van der Waals surface area contributed by atoms with E-state index in [0.717, 1.165) is 0 Å².